The second-order valence-electron chi connectivity index (χ2n) is 17.6. The largest absolute Gasteiger partial charge is 0.309 e. The van der Waals surface area contributed by atoms with Gasteiger partial charge in [0, 0.05) is 38.2 Å². The van der Waals surface area contributed by atoms with Crippen LogP contribution in [-0.2, 0) is 16.2 Å². The first-order valence-electron chi connectivity index (χ1n) is 19.3. The molecule has 0 aliphatic heterocycles. The van der Waals surface area contributed by atoms with Crippen molar-refractivity contribution in [2.24, 2.45) is 0 Å². The van der Waals surface area contributed by atoms with E-state index in [1.807, 2.05) is 0 Å². The topological polar surface area (TPSA) is 9.86 Å². The van der Waals surface area contributed by atoms with Crippen molar-refractivity contribution in [1.29, 1.82) is 0 Å². The fraction of sp³-hybridized carbons (Fsp3) is 0.216. The maximum absolute atomic E-state index is 2.63. The van der Waals surface area contributed by atoms with Crippen molar-refractivity contribution in [3.05, 3.63) is 156 Å². The second kappa shape index (κ2) is 10.3. The summed E-state index contributed by atoms with van der Waals surface area (Å²) in [5.74, 6) is 0. The van der Waals surface area contributed by atoms with Gasteiger partial charge < -0.3 is 9.13 Å². The van der Waals surface area contributed by atoms with Crippen LogP contribution in [0, 0.1) is 0 Å². The lowest BCUT2D eigenvalue weighted by Crippen LogP contribution is -2.33. The molecule has 2 aromatic heterocycles. The summed E-state index contributed by atoms with van der Waals surface area (Å²) in [5, 5.41) is 7.93. The molecular weight excluding hydrogens is 641 g/mol. The highest BCUT2D eigenvalue weighted by Crippen LogP contribution is 2.54. The molecule has 0 saturated heterocycles. The number of nitrogens with zero attached hydrogens (tertiary/aromatic N) is 2. The van der Waals surface area contributed by atoms with E-state index in [1.54, 1.807) is 0 Å². The molecule has 0 atom stereocenters. The van der Waals surface area contributed by atoms with Gasteiger partial charge in [0.2, 0.25) is 0 Å². The summed E-state index contributed by atoms with van der Waals surface area (Å²) in [7, 11) is 0. The maximum atomic E-state index is 2.63. The zero-order valence-corrected chi connectivity index (χ0v) is 31.5. The number of aromatic nitrogens is 2. The fourth-order valence-electron chi connectivity index (χ4n) is 10.5. The lowest BCUT2D eigenvalue weighted by molar-refractivity contribution is 0.332. The van der Waals surface area contributed by atoms with Crippen LogP contribution in [0.15, 0.2) is 133 Å². The third-order valence-electron chi connectivity index (χ3n) is 13.4. The Morgan fingerprint density at radius 3 is 1.83 bits per heavy atom. The van der Waals surface area contributed by atoms with Crippen LogP contribution in [0.1, 0.15) is 76.6 Å². The Morgan fingerprint density at radius 2 is 1.04 bits per heavy atom. The van der Waals surface area contributed by atoms with Gasteiger partial charge >= 0.3 is 0 Å². The van der Waals surface area contributed by atoms with Gasteiger partial charge in [-0.15, -0.1) is 0 Å². The number of hydrogen-bond acceptors (Lipinski definition) is 0. The molecule has 0 unspecified atom stereocenters. The second-order valence-corrected chi connectivity index (χ2v) is 17.6. The standard InChI is InChI=1S/C51H44N2/c1-49(2)27-28-50(3,4)39-30-44-35(29-38(39)49)47-42(53(44)40-22-14-21-37-45(40)34-19-12-13-20-36(34)51(37,5)6)25-26-43-48(47)46-33-18-11-10-15-31(33)23-24-41(46)52(43)32-16-8-7-9-17-32/h7-26,29-30H,27-28H2,1-6H3. The van der Waals surface area contributed by atoms with Gasteiger partial charge in [-0.1, -0.05) is 126 Å². The number of rotatable bonds is 2. The highest BCUT2D eigenvalue weighted by molar-refractivity contribution is 6.33. The van der Waals surface area contributed by atoms with Crippen molar-refractivity contribution in [2.45, 2.75) is 70.6 Å². The summed E-state index contributed by atoms with van der Waals surface area (Å²) < 4.78 is 5.13. The Hall–Kier alpha value is -5.60. The molecule has 0 radical (unpaired) electrons. The van der Waals surface area contributed by atoms with Crippen LogP contribution in [0.2, 0.25) is 0 Å². The zero-order chi connectivity index (χ0) is 36.0. The van der Waals surface area contributed by atoms with Crippen molar-refractivity contribution in [3.8, 4) is 22.5 Å². The van der Waals surface area contributed by atoms with Gasteiger partial charge in [0.05, 0.1) is 27.8 Å². The third-order valence-corrected chi connectivity index (χ3v) is 13.4. The molecule has 2 aliphatic rings. The predicted molar refractivity (Wildman–Crippen MR) is 225 cm³/mol. The quantitative estimate of drug-likeness (QED) is 0.172. The fourth-order valence-corrected chi connectivity index (χ4v) is 10.5. The molecule has 53 heavy (non-hydrogen) atoms. The van der Waals surface area contributed by atoms with Gasteiger partial charge in [0.15, 0.2) is 0 Å². The van der Waals surface area contributed by atoms with Gasteiger partial charge in [-0.05, 0) is 111 Å². The molecule has 0 saturated carbocycles. The van der Waals surface area contributed by atoms with E-state index < -0.39 is 0 Å². The molecule has 2 heterocycles. The minimum Gasteiger partial charge on any atom is -0.309 e. The summed E-state index contributed by atoms with van der Waals surface area (Å²) in [6, 6.07) is 50.6. The normalized spacial score (nSPS) is 16.8. The lowest BCUT2D eigenvalue weighted by atomic mass is 9.63. The molecule has 0 fully saturated rings. The Morgan fingerprint density at radius 1 is 0.434 bits per heavy atom. The Bertz CT molecular complexity index is 3020. The highest BCUT2D eigenvalue weighted by Gasteiger charge is 2.40. The van der Waals surface area contributed by atoms with Crippen LogP contribution in [0.4, 0.5) is 0 Å². The number of fused-ring (bicyclic) bond motifs is 13. The predicted octanol–water partition coefficient (Wildman–Crippen LogP) is 13.7. The minimum atomic E-state index is -0.0822. The monoisotopic (exact) mass is 684 g/mol. The highest BCUT2D eigenvalue weighted by atomic mass is 15.0. The molecular formula is C51H44N2. The average Bonchev–Trinajstić information content (AvgIpc) is 3.76. The van der Waals surface area contributed by atoms with E-state index in [1.165, 1.54) is 112 Å². The smallest absolute Gasteiger partial charge is 0.0549 e. The molecule has 0 N–H and O–H groups in total. The van der Waals surface area contributed by atoms with Gasteiger partial charge in [-0.3, -0.25) is 0 Å². The summed E-state index contributed by atoms with van der Waals surface area (Å²) in [5.41, 5.74) is 16.1. The molecule has 2 aliphatic carbocycles. The van der Waals surface area contributed by atoms with E-state index in [9.17, 15) is 0 Å². The van der Waals surface area contributed by atoms with E-state index >= 15 is 0 Å². The molecule has 7 aromatic carbocycles. The first-order chi connectivity index (χ1) is 25.6. The van der Waals surface area contributed by atoms with Gasteiger partial charge in [0.25, 0.3) is 0 Å². The molecule has 2 heteroatoms. The van der Waals surface area contributed by atoms with Crippen molar-refractivity contribution in [3.63, 3.8) is 0 Å². The van der Waals surface area contributed by atoms with Crippen molar-refractivity contribution < 1.29 is 0 Å². The number of hydrogen-bond donors (Lipinski definition) is 0. The lowest BCUT2D eigenvalue weighted by Gasteiger charge is -2.42. The average molecular weight is 685 g/mol. The first-order valence-corrected chi connectivity index (χ1v) is 19.3. The molecule has 9 aromatic rings. The molecule has 0 amide bonds. The van der Waals surface area contributed by atoms with Crippen molar-refractivity contribution >= 4 is 54.4 Å². The zero-order valence-electron chi connectivity index (χ0n) is 31.5. The van der Waals surface area contributed by atoms with E-state index in [2.05, 4.69) is 184 Å². The van der Waals surface area contributed by atoms with Crippen LogP contribution >= 0.6 is 0 Å². The third kappa shape index (κ3) is 3.99. The van der Waals surface area contributed by atoms with Crippen LogP contribution in [0.5, 0.6) is 0 Å². The van der Waals surface area contributed by atoms with E-state index in [0.717, 1.165) is 0 Å². The van der Waals surface area contributed by atoms with Gasteiger partial charge in [-0.25, -0.2) is 0 Å². The summed E-state index contributed by atoms with van der Waals surface area (Å²) in [4.78, 5) is 0. The minimum absolute atomic E-state index is 0.0822. The van der Waals surface area contributed by atoms with Crippen LogP contribution in [0.25, 0.3) is 76.9 Å². The molecule has 2 nitrogen and oxygen atoms in total. The van der Waals surface area contributed by atoms with Crippen LogP contribution in [0.3, 0.4) is 0 Å². The van der Waals surface area contributed by atoms with Crippen LogP contribution < -0.4 is 0 Å². The summed E-state index contributed by atoms with van der Waals surface area (Å²) in [6.45, 7) is 14.6. The van der Waals surface area contributed by atoms with Gasteiger partial charge in [0.1, 0.15) is 0 Å². The van der Waals surface area contributed by atoms with E-state index in [4.69, 9.17) is 0 Å². The van der Waals surface area contributed by atoms with Crippen molar-refractivity contribution in [2.75, 3.05) is 0 Å². The Balaban J connectivity index is 1.40. The Labute approximate surface area is 311 Å². The SMILES string of the molecule is CC1(C)CCC(C)(C)c2cc3c(cc21)c1c2c4c5ccccc5ccc4n(-c4ccccc4)c2ccc1n3-c1cccc2c1-c1ccccc1C2(C)C. The Kier molecular flexibility index (Phi) is 6.01. The first kappa shape index (κ1) is 31.0. The molecule has 11 rings (SSSR count). The number of benzene rings is 7. The molecule has 0 bridgehead atoms. The number of para-hydroxylation sites is 1. The van der Waals surface area contributed by atoms with Crippen molar-refractivity contribution in [1.82, 2.24) is 9.13 Å². The summed E-state index contributed by atoms with van der Waals surface area (Å²) in [6.07, 6.45) is 2.37. The molecule has 0 spiro atoms. The van der Waals surface area contributed by atoms with E-state index in [-0.39, 0.29) is 16.2 Å². The molecule has 258 valence electrons. The van der Waals surface area contributed by atoms with Gasteiger partial charge in [-0.2, -0.15) is 0 Å². The van der Waals surface area contributed by atoms with E-state index in [0.29, 0.717) is 0 Å². The maximum Gasteiger partial charge on any atom is 0.0549 e. The van der Waals surface area contributed by atoms with Crippen LogP contribution in [-0.4, -0.2) is 9.13 Å². The summed E-state index contributed by atoms with van der Waals surface area (Å²) >= 11 is 0.